The fourth-order valence-electron chi connectivity index (χ4n) is 2.30. The van der Waals surface area contributed by atoms with E-state index in [1.165, 1.54) is 25.3 Å². The van der Waals surface area contributed by atoms with Crippen LogP contribution in [0.15, 0.2) is 30.3 Å². The molecule has 0 aliphatic heterocycles. The van der Waals surface area contributed by atoms with Gasteiger partial charge in [0, 0.05) is 0 Å². The first-order chi connectivity index (χ1) is 10.8. The number of phenolic OH excluding ortho intramolecular Hbond substituents is 1. The SMILES string of the molecule is COc1ccc(CC(C(=O)O)c2ccc(C)c(F)c2)c(Cl)c1O. The number of carboxylic acid groups (broad SMARTS) is 1. The van der Waals surface area contributed by atoms with Crippen LogP contribution in [0.1, 0.15) is 22.6 Å². The molecule has 0 amide bonds. The molecule has 0 saturated heterocycles. The lowest BCUT2D eigenvalue weighted by Crippen LogP contribution is -2.15. The Kier molecular flexibility index (Phi) is 5.11. The predicted molar refractivity (Wildman–Crippen MR) is 84.9 cm³/mol. The van der Waals surface area contributed by atoms with Crippen LogP contribution in [-0.4, -0.2) is 23.3 Å². The molecule has 6 heteroatoms. The van der Waals surface area contributed by atoms with Crippen molar-refractivity contribution in [1.29, 1.82) is 0 Å². The number of halogens is 2. The number of aryl methyl sites for hydroxylation is 1. The molecule has 122 valence electrons. The highest BCUT2D eigenvalue weighted by Crippen LogP contribution is 2.38. The molecule has 23 heavy (non-hydrogen) atoms. The molecule has 2 aromatic carbocycles. The van der Waals surface area contributed by atoms with Crippen LogP contribution < -0.4 is 4.74 Å². The third-order valence-corrected chi connectivity index (χ3v) is 4.12. The van der Waals surface area contributed by atoms with Crippen LogP contribution in [0.25, 0.3) is 0 Å². The minimum atomic E-state index is -1.10. The van der Waals surface area contributed by atoms with Crippen molar-refractivity contribution >= 4 is 17.6 Å². The Labute approximate surface area is 138 Å². The van der Waals surface area contributed by atoms with Gasteiger partial charge in [0.15, 0.2) is 11.5 Å². The molecule has 0 aliphatic rings. The maximum Gasteiger partial charge on any atom is 0.311 e. The third-order valence-electron chi connectivity index (χ3n) is 3.70. The molecule has 1 unspecified atom stereocenters. The predicted octanol–water partition coefficient (Wildman–Crippen LogP) is 3.91. The Bertz CT molecular complexity index is 746. The average molecular weight is 339 g/mol. The number of hydrogen-bond acceptors (Lipinski definition) is 3. The monoisotopic (exact) mass is 338 g/mol. The molecule has 0 aromatic heterocycles. The van der Waals surface area contributed by atoms with Gasteiger partial charge in [0.1, 0.15) is 5.82 Å². The first kappa shape index (κ1) is 17.1. The van der Waals surface area contributed by atoms with E-state index in [4.69, 9.17) is 16.3 Å². The van der Waals surface area contributed by atoms with Gasteiger partial charge in [0.2, 0.25) is 0 Å². The molecule has 2 N–H and O–H groups in total. The van der Waals surface area contributed by atoms with E-state index < -0.39 is 17.7 Å². The summed E-state index contributed by atoms with van der Waals surface area (Å²) < 4.78 is 18.7. The Hall–Kier alpha value is -2.27. The van der Waals surface area contributed by atoms with Gasteiger partial charge in [-0.3, -0.25) is 4.79 Å². The van der Waals surface area contributed by atoms with Crippen molar-refractivity contribution in [2.24, 2.45) is 0 Å². The number of hydrogen-bond donors (Lipinski definition) is 2. The minimum absolute atomic E-state index is 0.0220. The number of methoxy groups -OCH3 is 1. The zero-order valence-electron chi connectivity index (χ0n) is 12.6. The number of aromatic hydroxyl groups is 1. The maximum atomic E-state index is 13.7. The van der Waals surface area contributed by atoms with Gasteiger partial charge in [-0.05, 0) is 42.2 Å². The van der Waals surface area contributed by atoms with Gasteiger partial charge in [0.05, 0.1) is 18.1 Å². The van der Waals surface area contributed by atoms with E-state index in [-0.39, 0.29) is 22.9 Å². The maximum absolute atomic E-state index is 13.7. The summed E-state index contributed by atoms with van der Waals surface area (Å²) in [7, 11) is 1.39. The van der Waals surface area contributed by atoms with Crippen LogP contribution in [0.3, 0.4) is 0 Å². The summed E-state index contributed by atoms with van der Waals surface area (Å²) in [4.78, 5) is 11.6. The topological polar surface area (TPSA) is 66.8 Å². The zero-order valence-corrected chi connectivity index (χ0v) is 13.4. The van der Waals surface area contributed by atoms with E-state index in [2.05, 4.69) is 0 Å². The van der Waals surface area contributed by atoms with E-state index in [1.807, 2.05) is 0 Å². The highest BCUT2D eigenvalue weighted by molar-refractivity contribution is 6.33. The molecule has 0 heterocycles. The summed E-state index contributed by atoms with van der Waals surface area (Å²) in [5, 5.41) is 19.4. The van der Waals surface area contributed by atoms with Gasteiger partial charge in [-0.2, -0.15) is 0 Å². The zero-order chi connectivity index (χ0) is 17.1. The lowest BCUT2D eigenvalue weighted by atomic mass is 9.91. The summed E-state index contributed by atoms with van der Waals surface area (Å²) in [5.74, 6) is -2.58. The fourth-order valence-corrected chi connectivity index (χ4v) is 2.54. The van der Waals surface area contributed by atoms with Crippen molar-refractivity contribution in [2.75, 3.05) is 7.11 Å². The highest BCUT2D eigenvalue weighted by atomic mass is 35.5. The first-order valence-electron chi connectivity index (χ1n) is 6.88. The van der Waals surface area contributed by atoms with Gasteiger partial charge in [-0.15, -0.1) is 0 Å². The van der Waals surface area contributed by atoms with Crippen LogP contribution in [0.2, 0.25) is 5.02 Å². The molecule has 1 atom stereocenters. The molecule has 0 bridgehead atoms. The fraction of sp³-hybridized carbons (Fsp3) is 0.235. The number of rotatable bonds is 5. The summed E-state index contributed by atoms with van der Waals surface area (Å²) in [6.45, 7) is 1.60. The van der Waals surface area contributed by atoms with Crippen molar-refractivity contribution in [3.8, 4) is 11.5 Å². The summed E-state index contributed by atoms with van der Waals surface area (Å²) >= 11 is 6.07. The molecule has 2 rings (SSSR count). The van der Waals surface area contributed by atoms with E-state index in [0.717, 1.165) is 0 Å². The third kappa shape index (κ3) is 3.56. The lowest BCUT2D eigenvalue weighted by molar-refractivity contribution is -0.138. The second-order valence-electron chi connectivity index (χ2n) is 5.19. The number of carbonyl (C=O) groups is 1. The average Bonchev–Trinajstić information content (AvgIpc) is 2.51. The van der Waals surface area contributed by atoms with Crippen LogP contribution in [-0.2, 0) is 11.2 Å². The summed E-state index contributed by atoms with van der Waals surface area (Å²) in [6, 6.07) is 7.42. The number of phenols is 1. The second-order valence-corrected chi connectivity index (χ2v) is 5.57. The molecular weight excluding hydrogens is 323 g/mol. The van der Waals surface area contributed by atoms with Gasteiger partial charge < -0.3 is 14.9 Å². The van der Waals surface area contributed by atoms with Gasteiger partial charge in [0.25, 0.3) is 0 Å². The van der Waals surface area contributed by atoms with Crippen LogP contribution in [0.4, 0.5) is 4.39 Å². The highest BCUT2D eigenvalue weighted by Gasteiger charge is 2.24. The van der Waals surface area contributed by atoms with Crippen molar-refractivity contribution in [3.05, 3.63) is 57.9 Å². The van der Waals surface area contributed by atoms with Crippen LogP contribution in [0, 0.1) is 12.7 Å². The second kappa shape index (κ2) is 6.87. The van der Waals surface area contributed by atoms with E-state index in [1.54, 1.807) is 19.1 Å². The molecular formula is C17H16ClFO4. The van der Waals surface area contributed by atoms with E-state index >= 15 is 0 Å². The van der Waals surface area contributed by atoms with Crippen LogP contribution >= 0.6 is 11.6 Å². The van der Waals surface area contributed by atoms with Gasteiger partial charge in [-0.1, -0.05) is 29.8 Å². The number of carboxylic acids is 1. The lowest BCUT2D eigenvalue weighted by Gasteiger charge is -2.16. The molecule has 2 aromatic rings. The molecule has 0 radical (unpaired) electrons. The Balaban J connectivity index is 2.39. The molecule has 0 saturated carbocycles. The minimum Gasteiger partial charge on any atom is -0.503 e. The molecule has 0 fully saturated rings. The smallest absolute Gasteiger partial charge is 0.311 e. The van der Waals surface area contributed by atoms with Crippen molar-refractivity contribution < 1.29 is 24.1 Å². The number of aliphatic carboxylic acids is 1. The molecule has 0 spiro atoms. The Morgan fingerprint density at radius 2 is 2.04 bits per heavy atom. The van der Waals surface area contributed by atoms with Crippen molar-refractivity contribution in [2.45, 2.75) is 19.3 Å². The molecule has 0 aliphatic carbocycles. The van der Waals surface area contributed by atoms with Crippen LogP contribution in [0.5, 0.6) is 11.5 Å². The standard InChI is InChI=1S/C17H16ClFO4/c1-9-3-4-10(8-13(9)19)12(17(21)22)7-11-5-6-14(23-2)16(20)15(11)18/h3-6,8,12,20H,7H2,1-2H3,(H,21,22). The summed E-state index contributed by atoms with van der Waals surface area (Å²) in [5.41, 5.74) is 1.23. The Morgan fingerprint density at radius 1 is 1.35 bits per heavy atom. The van der Waals surface area contributed by atoms with Gasteiger partial charge >= 0.3 is 5.97 Å². The normalized spacial score (nSPS) is 12.0. The van der Waals surface area contributed by atoms with Crippen molar-refractivity contribution in [3.63, 3.8) is 0 Å². The molecule has 4 nitrogen and oxygen atoms in total. The largest absolute Gasteiger partial charge is 0.503 e. The van der Waals surface area contributed by atoms with E-state index in [0.29, 0.717) is 16.7 Å². The van der Waals surface area contributed by atoms with Crippen molar-refractivity contribution in [1.82, 2.24) is 0 Å². The Morgan fingerprint density at radius 3 is 2.61 bits per heavy atom. The number of ether oxygens (including phenoxy) is 1. The van der Waals surface area contributed by atoms with E-state index in [9.17, 15) is 19.4 Å². The van der Waals surface area contributed by atoms with Gasteiger partial charge in [-0.25, -0.2) is 4.39 Å². The summed E-state index contributed by atoms with van der Waals surface area (Å²) in [6.07, 6.45) is 0.0220. The number of benzene rings is 2. The quantitative estimate of drug-likeness (QED) is 0.867. The first-order valence-corrected chi connectivity index (χ1v) is 7.26.